The minimum absolute atomic E-state index is 0.164. The SMILES string of the molecule is CCCC(C)CC.CSCCC(C)(O)C1=Cc2cc([N+](=O)[O-])c(C(F)(F)F)cc2NC1. The lowest BCUT2D eigenvalue weighted by atomic mass is 9.88. The molecule has 9 heteroatoms. The first kappa shape index (κ1) is 27.3. The number of fused-ring (bicyclic) bond motifs is 1. The number of benzene rings is 1. The summed E-state index contributed by atoms with van der Waals surface area (Å²) in [6.45, 7) is 8.61. The van der Waals surface area contributed by atoms with Crippen molar-refractivity contribution in [3.63, 3.8) is 0 Å². The summed E-state index contributed by atoms with van der Waals surface area (Å²) in [5.74, 6) is 1.66. The number of halogens is 3. The van der Waals surface area contributed by atoms with Crippen LogP contribution in [0.25, 0.3) is 6.08 Å². The number of nitro groups is 1. The third kappa shape index (κ3) is 8.03. The third-order valence-corrected chi connectivity index (χ3v) is 6.04. The predicted molar refractivity (Wildman–Crippen MR) is 123 cm³/mol. The van der Waals surface area contributed by atoms with Crippen LogP contribution in [0.1, 0.15) is 64.5 Å². The Labute approximate surface area is 186 Å². The van der Waals surface area contributed by atoms with E-state index in [2.05, 4.69) is 26.1 Å². The van der Waals surface area contributed by atoms with E-state index in [4.69, 9.17) is 0 Å². The molecule has 2 atom stereocenters. The molecule has 2 N–H and O–H groups in total. The summed E-state index contributed by atoms with van der Waals surface area (Å²) in [7, 11) is 0. The Morgan fingerprint density at radius 1 is 1.32 bits per heavy atom. The zero-order valence-corrected chi connectivity index (χ0v) is 19.6. The van der Waals surface area contributed by atoms with Crippen molar-refractivity contribution in [2.24, 2.45) is 5.92 Å². The molecule has 2 unspecified atom stereocenters. The highest BCUT2D eigenvalue weighted by Gasteiger charge is 2.40. The van der Waals surface area contributed by atoms with E-state index in [-0.39, 0.29) is 17.8 Å². The summed E-state index contributed by atoms with van der Waals surface area (Å²) in [6.07, 6.45) is 3.17. The largest absolute Gasteiger partial charge is 0.423 e. The number of nitrogens with zero attached hydrogens (tertiary/aromatic N) is 1. The zero-order valence-electron chi connectivity index (χ0n) is 18.8. The summed E-state index contributed by atoms with van der Waals surface area (Å²) in [4.78, 5) is 9.94. The highest BCUT2D eigenvalue weighted by molar-refractivity contribution is 7.98. The third-order valence-electron chi connectivity index (χ3n) is 5.43. The van der Waals surface area contributed by atoms with Crippen molar-refractivity contribution in [3.8, 4) is 0 Å². The van der Waals surface area contributed by atoms with Gasteiger partial charge in [0.15, 0.2) is 0 Å². The summed E-state index contributed by atoms with van der Waals surface area (Å²) >= 11 is 1.57. The second kappa shape index (κ2) is 11.8. The molecular weight excluding hydrogens is 429 g/mol. The summed E-state index contributed by atoms with van der Waals surface area (Å²) in [5, 5.41) is 24.3. The average molecular weight is 463 g/mol. The van der Waals surface area contributed by atoms with Crippen LogP contribution < -0.4 is 5.32 Å². The fraction of sp³-hybridized carbons (Fsp3) is 0.636. The van der Waals surface area contributed by atoms with Gasteiger partial charge in [-0.05, 0) is 49.0 Å². The van der Waals surface area contributed by atoms with Gasteiger partial charge in [-0.25, -0.2) is 0 Å². The molecule has 0 aliphatic carbocycles. The van der Waals surface area contributed by atoms with E-state index in [0.717, 1.165) is 18.1 Å². The normalized spacial score (nSPS) is 16.1. The van der Waals surface area contributed by atoms with Crippen molar-refractivity contribution in [1.29, 1.82) is 0 Å². The Morgan fingerprint density at radius 3 is 2.42 bits per heavy atom. The molecule has 0 radical (unpaired) electrons. The summed E-state index contributed by atoms with van der Waals surface area (Å²) in [5.41, 5.74) is -2.41. The smallest absolute Gasteiger partial charge is 0.386 e. The Kier molecular flexibility index (Phi) is 10.4. The Bertz CT molecular complexity index is 780. The molecule has 1 heterocycles. The minimum atomic E-state index is -4.81. The Balaban J connectivity index is 0.000000592. The fourth-order valence-electron chi connectivity index (χ4n) is 3.19. The summed E-state index contributed by atoms with van der Waals surface area (Å²) < 4.78 is 39.0. The molecule has 31 heavy (non-hydrogen) atoms. The molecule has 1 aromatic rings. The van der Waals surface area contributed by atoms with Crippen LogP contribution in [0.4, 0.5) is 24.5 Å². The van der Waals surface area contributed by atoms with E-state index >= 15 is 0 Å². The van der Waals surface area contributed by atoms with Crippen LogP contribution in [0.5, 0.6) is 0 Å². The summed E-state index contributed by atoms with van der Waals surface area (Å²) in [6, 6.07) is 1.65. The van der Waals surface area contributed by atoms with Crippen molar-refractivity contribution in [1.82, 2.24) is 0 Å². The Morgan fingerprint density at radius 2 is 1.97 bits per heavy atom. The van der Waals surface area contributed by atoms with Gasteiger partial charge in [0.2, 0.25) is 0 Å². The van der Waals surface area contributed by atoms with Crippen molar-refractivity contribution in [2.75, 3.05) is 23.9 Å². The molecule has 1 aliphatic rings. The van der Waals surface area contributed by atoms with Crippen LogP contribution in [0.3, 0.4) is 0 Å². The first-order valence-corrected chi connectivity index (χ1v) is 11.8. The van der Waals surface area contributed by atoms with E-state index in [0.29, 0.717) is 17.7 Å². The maximum atomic E-state index is 13.0. The number of nitro benzene ring substituents is 1. The van der Waals surface area contributed by atoms with E-state index in [1.165, 1.54) is 25.3 Å². The second-order valence-electron chi connectivity index (χ2n) is 8.05. The van der Waals surface area contributed by atoms with Gasteiger partial charge >= 0.3 is 6.18 Å². The van der Waals surface area contributed by atoms with Crippen LogP contribution in [-0.2, 0) is 6.18 Å². The first-order valence-electron chi connectivity index (χ1n) is 10.4. The van der Waals surface area contributed by atoms with Crippen LogP contribution in [0.2, 0.25) is 0 Å². The van der Waals surface area contributed by atoms with Crippen molar-refractivity contribution >= 4 is 29.2 Å². The highest BCUT2D eigenvalue weighted by Crippen LogP contribution is 2.41. The number of hydrogen-bond acceptors (Lipinski definition) is 5. The van der Waals surface area contributed by atoms with Gasteiger partial charge < -0.3 is 10.4 Å². The molecule has 0 bridgehead atoms. The van der Waals surface area contributed by atoms with Gasteiger partial charge in [-0.1, -0.05) is 40.0 Å². The lowest BCUT2D eigenvalue weighted by Crippen LogP contribution is -2.33. The lowest BCUT2D eigenvalue weighted by Gasteiger charge is -2.30. The maximum Gasteiger partial charge on any atom is 0.423 e. The number of hydrogen-bond donors (Lipinski definition) is 2. The molecule has 0 saturated carbocycles. The Hall–Kier alpha value is -1.74. The minimum Gasteiger partial charge on any atom is -0.386 e. The van der Waals surface area contributed by atoms with Gasteiger partial charge in [-0.3, -0.25) is 10.1 Å². The number of thioether (sulfide) groups is 1. The number of nitrogens with one attached hydrogen (secondary N) is 1. The second-order valence-corrected chi connectivity index (χ2v) is 9.04. The molecule has 2 rings (SSSR count). The van der Waals surface area contributed by atoms with Crippen LogP contribution >= 0.6 is 11.8 Å². The zero-order chi connectivity index (χ0) is 23.8. The van der Waals surface area contributed by atoms with E-state index in [1.54, 1.807) is 18.7 Å². The molecule has 176 valence electrons. The van der Waals surface area contributed by atoms with Crippen molar-refractivity contribution in [2.45, 2.75) is 65.2 Å². The lowest BCUT2D eigenvalue weighted by molar-refractivity contribution is -0.388. The maximum absolute atomic E-state index is 13.0. The average Bonchev–Trinajstić information content (AvgIpc) is 2.70. The van der Waals surface area contributed by atoms with E-state index in [1.807, 2.05) is 6.26 Å². The van der Waals surface area contributed by atoms with Crippen LogP contribution in [-0.4, -0.2) is 34.2 Å². The number of aliphatic hydroxyl groups is 1. The first-order chi connectivity index (χ1) is 14.4. The van der Waals surface area contributed by atoms with E-state index in [9.17, 15) is 28.4 Å². The predicted octanol–water partition coefficient (Wildman–Crippen LogP) is 6.76. The van der Waals surface area contributed by atoms with Gasteiger partial charge in [0, 0.05) is 23.9 Å². The van der Waals surface area contributed by atoms with E-state index < -0.39 is 28.0 Å². The quantitative estimate of drug-likeness (QED) is 0.330. The van der Waals surface area contributed by atoms with Crippen LogP contribution in [0.15, 0.2) is 17.7 Å². The molecule has 0 aromatic heterocycles. The van der Waals surface area contributed by atoms with Crippen molar-refractivity contribution in [3.05, 3.63) is 38.9 Å². The topological polar surface area (TPSA) is 75.4 Å². The van der Waals surface area contributed by atoms with Crippen molar-refractivity contribution < 1.29 is 23.2 Å². The van der Waals surface area contributed by atoms with Gasteiger partial charge in [0.05, 0.1) is 10.5 Å². The molecule has 1 aliphatic heterocycles. The molecule has 5 nitrogen and oxygen atoms in total. The molecule has 0 saturated heterocycles. The molecule has 0 amide bonds. The number of anilines is 1. The van der Waals surface area contributed by atoms with Gasteiger partial charge in [0.25, 0.3) is 5.69 Å². The van der Waals surface area contributed by atoms with Crippen LogP contribution in [0, 0.1) is 16.0 Å². The fourth-order valence-corrected chi connectivity index (χ4v) is 3.79. The molecule has 0 fully saturated rings. The molecule has 0 spiro atoms. The molecule has 1 aromatic carbocycles. The monoisotopic (exact) mass is 462 g/mol. The van der Waals surface area contributed by atoms with Gasteiger partial charge in [0.1, 0.15) is 5.56 Å². The standard InChI is InChI=1S/C15H17F3N2O3S.C7H16/c1-14(21,3-4-24-2)10-5-9-6-13(20(22)23)11(15(16,17)18)7-12(9)19-8-10;1-4-6-7(3)5-2/h5-7,19,21H,3-4,8H2,1-2H3;7H,4-6H2,1-3H3. The van der Waals surface area contributed by atoms with Gasteiger partial charge in [-0.15, -0.1) is 0 Å². The van der Waals surface area contributed by atoms with Gasteiger partial charge in [-0.2, -0.15) is 24.9 Å². The number of rotatable bonds is 8. The molecular formula is C22H33F3N2O3S. The number of alkyl halides is 3. The highest BCUT2D eigenvalue weighted by atomic mass is 32.2.